The summed E-state index contributed by atoms with van der Waals surface area (Å²) in [7, 11) is 0. The van der Waals surface area contributed by atoms with Crippen LogP contribution in [-0.2, 0) is 6.18 Å². The van der Waals surface area contributed by atoms with Gasteiger partial charge in [0.25, 0.3) is 5.91 Å². The number of terminal acetylenes is 1. The van der Waals surface area contributed by atoms with Gasteiger partial charge in [-0.1, -0.05) is 11.3 Å². The Kier molecular flexibility index (Phi) is 4.94. The minimum Gasteiger partial charge on any atom is -0.350 e. The molecule has 0 saturated carbocycles. The number of hydrogen-bond acceptors (Lipinski definition) is 5. The molecular formula is C17H15F3N6O. The van der Waals surface area contributed by atoms with Crippen molar-refractivity contribution in [2.24, 2.45) is 10.2 Å². The zero-order chi connectivity index (χ0) is 19.5. The number of amides is 1. The maximum Gasteiger partial charge on any atom is 0.416 e. The van der Waals surface area contributed by atoms with Gasteiger partial charge in [0.05, 0.1) is 17.4 Å². The van der Waals surface area contributed by atoms with Crippen molar-refractivity contribution in [3.8, 4) is 18.0 Å². The first-order valence-corrected chi connectivity index (χ1v) is 8.09. The van der Waals surface area contributed by atoms with E-state index in [4.69, 9.17) is 6.42 Å². The highest BCUT2D eigenvalue weighted by Gasteiger charge is 2.38. The van der Waals surface area contributed by atoms with Crippen LogP contribution >= 0.6 is 0 Å². The lowest BCUT2D eigenvalue weighted by Gasteiger charge is -2.09. The summed E-state index contributed by atoms with van der Waals surface area (Å²) in [6.07, 6.45) is 3.71. The van der Waals surface area contributed by atoms with Crippen LogP contribution in [0.2, 0.25) is 0 Å². The molecule has 1 aromatic heterocycles. The Morgan fingerprint density at radius 1 is 1.30 bits per heavy atom. The van der Waals surface area contributed by atoms with Crippen LogP contribution in [0.3, 0.4) is 0 Å². The van der Waals surface area contributed by atoms with Crippen molar-refractivity contribution in [2.45, 2.75) is 31.1 Å². The normalized spacial score (nSPS) is 14.6. The van der Waals surface area contributed by atoms with E-state index in [0.717, 1.165) is 16.8 Å². The van der Waals surface area contributed by atoms with E-state index in [-0.39, 0.29) is 11.4 Å². The Morgan fingerprint density at radius 2 is 2.07 bits per heavy atom. The molecule has 0 atom stereocenters. The second kappa shape index (κ2) is 7.19. The molecule has 1 aliphatic heterocycles. The predicted molar refractivity (Wildman–Crippen MR) is 89.0 cm³/mol. The molecule has 0 fully saturated rings. The van der Waals surface area contributed by atoms with E-state index in [1.807, 2.05) is 0 Å². The number of rotatable bonds is 7. The topological polar surface area (TPSA) is 84.5 Å². The van der Waals surface area contributed by atoms with Crippen LogP contribution in [0.15, 0.2) is 40.7 Å². The molecular weight excluding hydrogens is 361 g/mol. The summed E-state index contributed by atoms with van der Waals surface area (Å²) in [5.74, 6) is 2.04. The summed E-state index contributed by atoms with van der Waals surface area (Å²) in [5, 5.41) is 18.0. The number of nitrogens with zero attached hydrogens (tertiary/aromatic N) is 5. The molecule has 2 aromatic rings. The van der Waals surface area contributed by atoms with Crippen molar-refractivity contribution in [2.75, 3.05) is 6.54 Å². The minimum atomic E-state index is -4.47. The molecule has 3 rings (SSSR count). The third-order valence-electron chi connectivity index (χ3n) is 4.03. The van der Waals surface area contributed by atoms with E-state index in [9.17, 15) is 18.0 Å². The lowest BCUT2D eigenvalue weighted by molar-refractivity contribution is -0.137. The van der Waals surface area contributed by atoms with Crippen molar-refractivity contribution in [3.63, 3.8) is 0 Å². The molecule has 27 heavy (non-hydrogen) atoms. The number of hydrogen-bond donors (Lipinski definition) is 1. The number of halogens is 3. The molecule has 0 aliphatic carbocycles. The molecule has 0 bridgehead atoms. The smallest absolute Gasteiger partial charge is 0.350 e. The lowest BCUT2D eigenvalue weighted by Crippen LogP contribution is -2.28. The fourth-order valence-corrected chi connectivity index (χ4v) is 2.45. The minimum absolute atomic E-state index is 0.00485. The summed E-state index contributed by atoms with van der Waals surface area (Å²) < 4.78 is 39.5. The van der Waals surface area contributed by atoms with Gasteiger partial charge in [0, 0.05) is 25.8 Å². The number of carbonyl (C=O) groups is 1. The molecule has 1 amide bonds. The molecule has 0 spiro atoms. The van der Waals surface area contributed by atoms with E-state index in [0.29, 0.717) is 25.8 Å². The number of aromatic nitrogens is 3. The van der Waals surface area contributed by atoms with Crippen LogP contribution in [0.4, 0.5) is 13.2 Å². The zero-order valence-electron chi connectivity index (χ0n) is 14.1. The second-order valence-corrected chi connectivity index (χ2v) is 5.99. The Bertz CT molecular complexity index is 906. The molecule has 1 aromatic carbocycles. The van der Waals surface area contributed by atoms with Crippen molar-refractivity contribution >= 4 is 5.91 Å². The van der Waals surface area contributed by atoms with E-state index in [2.05, 4.69) is 31.8 Å². The van der Waals surface area contributed by atoms with E-state index in [1.54, 1.807) is 0 Å². The first-order valence-electron chi connectivity index (χ1n) is 8.09. The highest BCUT2D eigenvalue weighted by molar-refractivity contribution is 5.91. The van der Waals surface area contributed by atoms with Crippen molar-refractivity contribution in [1.29, 1.82) is 0 Å². The lowest BCUT2D eigenvalue weighted by atomic mass is 10.0. The number of alkyl halides is 3. The largest absolute Gasteiger partial charge is 0.416 e. The highest BCUT2D eigenvalue weighted by Crippen LogP contribution is 2.36. The van der Waals surface area contributed by atoms with Gasteiger partial charge in [-0.3, -0.25) is 4.79 Å². The molecule has 1 N–H and O–H groups in total. The van der Waals surface area contributed by atoms with Crippen LogP contribution in [0.5, 0.6) is 0 Å². The van der Waals surface area contributed by atoms with E-state index < -0.39 is 23.3 Å². The third kappa shape index (κ3) is 4.49. The average Bonchev–Trinajstić information content (AvgIpc) is 3.22. The van der Waals surface area contributed by atoms with Gasteiger partial charge in [-0.2, -0.15) is 23.4 Å². The molecule has 1 aliphatic rings. The van der Waals surface area contributed by atoms with Gasteiger partial charge in [-0.15, -0.1) is 17.4 Å². The van der Waals surface area contributed by atoms with Crippen LogP contribution in [0, 0.1) is 12.3 Å². The number of benzene rings is 1. The molecule has 2 heterocycles. The van der Waals surface area contributed by atoms with Crippen LogP contribution < -0.4 is 5.32 Å². The highest BCUT2D eigenvalue weighted by atomic mass is 19.4. The Balaban J connectivity index is 1.59. The van der Waals surface area contributed by atoms with Crippen molar-refractivity contribution in [1.82, 2.24) is 20.3 Å². The Morgan fingerprint density at radius 3 is 2.74 bits per heavy atom. The molecule has 0 radical (unpaired) electrons. The van der Waals surface area contributed by atoms with Gasteiger partial charge in [0.1, 0.15) is 0 Å². The maximum absolute atomic E-state index is 12.8. The van der Waals surface area contributed by atoms with Gasteiger partial charge in [-0.05, 0) is 18.2 Å². The fourth-order valence-electron chi connectivity index (χ4n) is 2.45. The quantitative estimate of drug-likeness (QED) is 0.754. The summed E-state index contributed by atoms with van der Waals surface area (Å²) in [4.78, 5) is 12.1. The predicted octanol–water partition coefficient (Wildman–Crippen LogP) is 2.98. The van der Waals surface area contributed by atoms with Gasteiger partial charge < -0.3 is 5.32 Å². The van der Waals surface area contributed by atoms with Crippen LogP contribution in [-0.4, -0.2) is 33.1 Å². The molecule has 140 valence electrons. The standard InChI is InChI=1S/C17H15F3N6O/c1-2-3-7-16(23-24-16)8-9-21-15(27)14-11-26(25-22-14)13-6-4-5-12(10-13)17(18,19)20/h1,4-6,10-11H,3,7-9H2,(H,21,27). The molecule has 0 unspecified atom stereocenters. The summed E-state index contributed by atoms with van der Waals surface area (Å²) in [5.41, 5.74) is -1.17. The summed E-state index contributed by atoms with van der Waals surface area (Å²) in [6.45, 7) is 0.312. The molecule has 10 heteroatoms. The van der Waals surface area contributed by atoms with Crippen LogP contribution in [0.25, 0.3) is 5.69 Å². The van der Waals surface area contributed by atoms with Crippen molar-refractivity contribution < 1.29 is 18.0 Å². The van der Waals surface area contributed by atoms with Crippen LogP contribution in [0.1, 0.15) is 35.3 Å². The van der Waals surface area contributed by atoms with Crippen molar-refractivity contribution in [3.05, 3.63) is 41.7 Å². The monoisotopic (exact) mass is 376 g/mol. The summed E-state index contributed by atoms with van der Waals surface area (Å²) >= 11 is 0. The Hall–Kier alpha value is -3.22. The first kappa shape index (κ1) is 18.6. The van der Waals surface area contributed by atoms with E-state index >= 15 is 0 Å². The summed E-state index contributed by atoms with van der Waals surface area (Å²) in [6, 6.07) is 4.59. The van der Waals surface area contributed by atoms with Gasteiger partial charge in [0.15, 0.2) is 11.4 Å². The van der Waals surface area contributed by atoms with Gasteiger partial charge >= 0.3 is 6.18 Å². The average molecular weight is 376 g/mol. The SMILES string of the molecule is C#CCCC1(CCNC(=O)c2cn(-c3cccc(C(F)(F)F)c3)nn2)N=N1. The fraction of sp³-hybridized carbons (Fsp3) is 0.353. The molecule has 7 nitrogen and oxygen atoms in total. The van der Waals surface area contributed by atoms with Gasteiger partial charge in [0.2, 0.25) is 0 Å². The van der Waals surface area contributed by atoms with E-state index in [1.165, 1.54) is 18.3 Å². The zero-order valence-corrected chi connectivity index (χ0v) is 14.1. The number of nitrogens with one attached hydrogen (secondary N) is 1. The number of carbonyl (C=O) groups excluding carboxylic acids is 1. The first-order chi connectivity index (χ1) is 12.8. The van der Waals surface area contributed by atoms with Gasteiger partial charge in [-0.25, -0.2) is 4.68 Å². The molecule has 0 saturated heterocycles. The maximum atomic E-state index is 12.8. The second-order valence-electron chi connectivity index (χ2n) is 5.99. The third-order valence-corrected chi connectivity index (χ3v) is 4.03. The Labute approximate surface area is 152 Å².